The minimum Gasteiger partial charge on any atom is -0.496 e. The third kappa shape index (κ3) is 4.19. The molecule has 2 N–H and O–H groups in total. The topological polar surface area (TPSA) is 41.5 Å². The molecule has 0 radical (unpaired) electrons. The van der Waals surface area contributed by atoms with E-state index in [9.17, 15) is 0 Å². The molecule has 3 nitrogen and oxygen atoms in total. The van der Waals surface area contributed by atoms with Crippen LogP contribution in [0.5, 0.6) is 5.75 Å². The maximum absolute atomic E-state index is 9.00. The average molecular weight is 287 g/mol. The summed E-state index contributed by atoms with van der Waals surface area (Å²) < 4.78 is 5.42. The Morgan fingerprint density at radius 2 is 1.90 bits per heavy atom. The van der Waals surface area contributed by atoms with Crippen LogP contribution in [0.2, 0.25) is 0 Å². The van der Waals surface area contributed by atoms with E-state index in [1.54, 1.807) is 7.11 Å². The first-order chi connectivity index (χ1) is 10.3. The Hall–Kier alpha value is -1.58. The van der Waals surface area contributed by atoms with Gasteiger partial charge in [0.2, 0.25) is 0 Å². The number of ether oxygens (including phenoxy) is 1. The van der Waals surface area contributed by atoms with Gasteiger partial charge in [-0.2, -0.15) is 0 Å². The van der Waals surface area contributed by atoms with E-state index in [0.29, 0.717) is 5.92 Å². The van der Waals surface area contributed by atoms with Gasteiger partial charge in [-0.25, -0.2) is 0 Å². The number of aliphatic hydroxyl groups is 1. The highest BCUT2D eigenvalue weighted by Crippen LogP contribution is 2.28. The zero-order valence-electron chi connectivity index (χ0n) is 12.9. The van der Waals surface area contributed by atoms with Gasteiger partial charge in [-0.3, -0.25) is 0 Å². The fraction of sp³-hybridized carbons (Fsp3) is 0.444. The van der Waals surface area contributed by atoms with Crippen LogP contribution in [0.3, 0.4) is 0 Å². The molecule has 3 heteroatoms. The molecule has 0 aliphatic heterocycles. The largest absolute Gasteiger partial charge is 0.496 e. The average Bonchev–Trinajstić information content (AvgIpc) is 2.54. The molecule has 1 atom stereocenters. The van der Waals surface area contributed by atoms with Crippen molar-refractivity contribution in [3.05, 3.63) is 42.0 Å². The minimum atomic E-state index is 0.281. The molecule has 0 fully saturated rings. The summed E-state index contributed by atoms with van der Waals surface area (Å²) in [6.45, 7) is 4.20. The van der Waals surface area contributed by atoms with Crippen LogP contribution in [-0.4, -0.2) is 25.4 Å². The summed E-state index contributed by atoms with van der Waals surface area (Å²) in [6.07, 6.45) is 2.16. The Morgan fingerprint density at radius 1 is 1.14 bits per heavy atom. The second kappa shape index (κ2) is 8.01. The number of aliphatic hydroxyl groups excluding tert-OH is 1. The summed E-state index contributed by atoms with van der Waals surface area (Å²) in [5.74, 6) is 1.32. The number of benzene rings is 2. The molecule has 0 aromatic heterocycles. The van der Waals surface area contributed by atoms with Gasteiger partial charge in [0.15, 0.2) is 0 Å². The van der Waals surface area contributed by atoms with E-state index < -0.39 is 0 Å². The molecule has 0 bridgehead atoms. The highest BCUT2D eigenvalue weighted by atomic mass is 16.5. The second-order valence-electron chi connectivity index (χ2n) is 5.58. The molecular formula is C18H25NO2. The van der Waals surface area contributed by atoms with E-state index >= 15 is 0 Å². The molecule has 0 saturated heterocycles. The van der Waals surface area contributed by atoms with Crippen LogP contribution >= 0.6 is 0 Å². The number of hydrogen-bond donors (Lipinski definition) is 2. The molecule has 0 spiro atoms. The standard InChI is InChI=1S/C18H25NO2/c1-14(13-20)6-5-11-19-12-15-9-10-18(21-2)17-8-4-3-7-16(15)17/h3-4,7-10,14,19-20H,5-6,11-13H2,1-2H3. The highest BCUT2D eigenvalue weighted by Gasteiger charge is 2.05. The van der Waals surface area contributed by atoms with Crippen molar-refractivity contribution in [2.75, 3.05) is 20.3 Å². The van der Waals surface area contributed by atoms with Crippen molar-refractivity contribution in [1.29, 1.82) is 0 Å². The smallest absolute Gasteiger partial charge is 0.126 e. The van der Waals surface area contributed by atoms with Gasteiger partial charge >= 0.3 is 0 Å². The van der Waals surface area contributed by atoms with E-state index in [1.807, 2.05) is 12.1 Å². The number of fused-ring (bicyclic) bond motifs is 1. The first kappa shape index (κ1) is 15.8. The summed E-state index contributed by atoms with van der Waals surface area (Å²) in [5, 5.41) is 14.9. The summed E-state index contributed by atoms with van der Waals surface area (Å²) >= 11 is 0. The van der Waals surface area contributed by atoms with E-state index in [-0.39, 0.29) is 6.61 Å². The van der Waals surface area contributed by atoms with Gasteiger partial charge in [0.25, 0.3) is 0 Å². The van der Waals surface area contributed by atoms with Crippen molar-refractivity contribution in [2.24, 2.45) is 5.92 Å². The van der Waals surface area contributed by atoms with E-state index in [1.165, 1.54) is 10.9 Å². The second-order valence-corrected chi connectivity index (χ2v) is 5.58. The molecule has 2 rings (SSSR count). The third-order valence-corrected chi connectivity index (χ3v) is 3.87. The SMILES string of the molecule is COc1ccc(CNCCCC(C)CO)c2ccccc12. The van der Waals surface area contributed by atoms with Gasteiger partial charge in [-0.1, -0.05) is 37.3 Å². The van der Waals surface area contributed by atoms with Crippen molar-refractivity contribution in [3.63, 3.8) is 0 Å². The van der Waals surface area contributed by atoms with Crippen LogP contribution in [0.4, 0.5) is 0 Å². The van der Waals surface area contributed by atoms with E-state index in [2.05, 4.69) is 36.5 Å². The lowest BCUT2D eigenvalue weighted by atomic mass is 10.0. The van der Waals surface area contributed by atoms with Crippen LogP contribution in [0.1, 0.15) is 25.3 Å². The van der Waals surface area contributed by atoms with Crippen LogP contribution in [0, 0.1) is 5.92 Å². The highest BCUT2D eigenvalue weighted by molar-refractivity contribution is 5.91. The van der Waals surface area contributed by atoms with Gasteiger partial charge in [0.1, 0.15) is 5.75 Å². The lowest BCUT2D eigenvalue weighted by molar-refractivity contribution is 0.228. The number of rotatable bonds is 8. The van der Waals surface area contributed by atoms with Gasteiger partial charge in [0.05, 0.1) is 7.11 Å². The number of methoxy groups -OCH3 is 1. The van der Waals surface area contributed by atoms with Crippen molar-refractivity contribution in [2.45, 2.75) is 26.3 Å². The van der Waals surface area contributed by atoms with Gasteiger partial charge in [-0.15, -0.1) is 0 Å². The van der Waals surface area contributed by atoms with Crippen molar-refractivity contribution >= 4 is 10.8 Å². The zero-order valence-corrected chi connectivity index (χ0v) is 12.9. The summed E-state index contributed by atoms with van der Waals surface area (Å²) in [4.78, 5) is 0. The molecule has 0 aliphatic rings. The lowest BCUT2D eigenvalue weighted by Gasteiger charge is -2.12. The molecular weight excluding hydrogens is 262 g/mol. The van der Waals surface area contributed by atoms with Gasteiger partial charge in [-0.05, 0) is 42.3 Å². The van der Waals surface area contributed by atoms with Crippen LogP contribution in [0.25, 0.3) is 10.8 Å². The van der Waals surface area contributed by atoms with Crippen molar-refractivity contribution in [3.8, 4) is 5.75 Å². The lowest BCUT2D eigenvalue weighted by Crippen LogP contribution is -2.16. The first-order valence-corrected chi connectivity index (χ1v) is 7.62. The van der Waals surface area contributed by atoms with E-state index in [4.69, 9.17) is 9.84 Å². The maximum atomic E-state index is 9.00. The third-order valence-electron chi connectivity index (χ3n) is 3.87. The Kier molecular flexibility index (Phi) is 6.03. The summed E-state index contributed by atoms with van der Waals surface area (Å²) in [6, 6.07) is 12.5. The minimum absolute atomic E-state index is 0.281. The fourth-order valence-electron chi connectivity index (χ4n) is 2.56. The van der Waals surface area contributed by atoms with Crippen molar-refractivity contribution < 1.29 is 9.84 Å². The molecule has 1 unspecified atom stereocenters. The Balaban J connectivity index is 1.96. The quantitative estimate of drug-likeness (QED) is 0.732. The molecule has 0 amide bonds. The molecule has 0 heterocycles. The summed E-state index contributed by atoms with van der Waals surface area (Å²) in [5.41, 5.74) is 1.29. The maximum Gasteiger partial charge on any atom is 0.126 e. The van der Waals surface area contributed by atoms with E-state index in [0.717, 1.165) is 37.1 Å². The molecule has 2 aromatic rings. The Labute approximate surface area is 126 Å². The van der Waals surface area contributed by atoms with Crippen LogP contribution < -0.4 is 10.1 Å². The number of nitrogens with one attached hydrogen (secondary N) is 1. The Morgan fingerprint density at radius 3 is 2.62 bits per heavy atom. The normalized spacial score (nSPS) is 12.5. The molecule has 0 aliphatic carbocycles. The predicted molar refractivity (Wildman–Crippen MR) is 87.7 cm³/mol. The Bertz CT molecular complexity index is 568. The number of hydrogen-bond acceptors (Lipinski definition) is 3. The zero-order chi connectivity index (χ0) is 15.1. The molecule has 114 valence electrons. The molecule has 0 saturated carbocycles. The fourth-order valence-corrected chi connectivity index (χ4v) is 2.56. The predicted octanol–water partition coefficient (Wildman–Crippen LogP) is 3.35. The van der Waals surface area contributed by atoms with Crippen LogP contribution in [-0.2, 0) is 6.54 Å². The van der Waals surface area contributed by atoms with Crippen LogP contribution in [0.15, 0.2) is 36.4 Å². The molecule has 2 aromatic carbocycles. The van der Waals surface area contributed by atoms with Crippen molar-refractivity contribution in [1.82, 2.24) is 5.32 Å². The first-order valence-electron chi connectivity index (χ1n) is 7.62. The summed E-state index contributed by atoms with van der Waals surface area (Å²) in [7, 11) is 1.71. The van der Waals surface area contributed by atoms with Gasteiger partial charge in [0, 0.05) is 18.5 Å². The van der Waals surface area contributed by atoms with Gasteiger partial charge < -0.3 is 15.2 Å². The molecule has 21 heavy (non-hydrogen) atoms. The monoisotopic (exact) mass is 287 g/mol.